The number of benzene rings is 2. The van der Waals surface area contributed by atoms with Crippen molar-refractivity contribution in [2.45, 2.75) is 11.8 Å². The minimum atomic E-state index is -3.27. The summed E-state index contributed by atoms with van der Waals surface area (Å²) in [7, 11) is -3.27. The molecule has 136 valence electrons. The van der Waals surface area contributed by atoms with Crippen LogP contribution in [0, 0.1) is 12.7 Å². The van der Waals surface area contributed by atoms with E-state index in [0.29, 0.717) is 0 Å². The van der Waals surface area contributed by atoms with Crippen molar-refractivity contribution in [3.8, 4) is 22.5 Å². The highest BCUT2D eigenvalue weighted by Crippen LogP contribution is 2.34. The van der Waals surface area contributed by atoms with Crippen molar-refractivity contribution < 1.29 is 12.8 Å². The van der Waals surface area contributed by atoms with E-state index in [2.05, 4.69) is 0 Å². The Balaban J connectivity index is 1.98. The predicted octanol–water partition coefficient (Wildman–Crippen LogP) is 4.52. The summed E-state index contributed by atoms with van der Waals surface area (Å²) in [5.41, 5.74) is 5.00. The van der Waals surface area contributed by atoms with Gasteiger partial charge in [0.1, 0.15) is 11.5 Å². The van der Waals surface area contributed by atoms with Gasteiger partial charge in [-0.2, -0.15) is 0 Å². The largest absolute Gasteiger partial charge is 0.299 e. The molecule has 0 spiro atoms. The molecule has 2 heterocycles. The summed E-state index contributed by atoms with van der Waals surface area (Å²) in [4.78, 5) is 5.05. The number of rotatable bonds is 3. The van der Waals surface area contributed by atoms with Crippen molar-refractivity contribution in [1.82, 2.24) is 9.38 Å². The number of nitrogens with zero attached hydrogens (tertiary/aromatic N) is 2. The second-order valence-corrected chi connectivity index (χ2v) is 8.51. The Morgan fingerprint density at radius 3 is 2.19 bits per heavy atom. The Bertz CT molecular complexity index is 1240. The maximum Gasteiger partial charge on any atom is 0.175 e. The van der Waals surface area contributed by atoms with Crippen molar-refractivity contribution in [3.05, 3.63) is 78.2 Å². The lowest BCUT2D eigenvalue weighted by atomic mass is 10.0. The number of aryl methyl sites for hydroxylation is 1. The highest BCUT2D eigenvalue weighted by Gasteiger charge is 2.17. The van der Waals surface area contributed by atoms with Crippen LogP contribution in [-0.4, -0.2) is 24.1 Å². The lowest BCUT2D eigenvalue weighted by molar-refractivity contribution is 0.602. The van der Waals surface area contributed by atoms with Gasteiger partial charge in [0, 0.05) is 23.6 Å². The van der Waals surface area contributed by atoms with E-state index in [9.17, 15) is 12.8 Å². The first-order chi connectivity index (χ1) is 12.8. The SMILES string of the molecule is Cc1cccn2c(-c3ccc(F)cc3)c(-c3ccc(S(C)(=O)=O)cc3)nc12. The van der Waals surface area contributed by atoms with Gasteiger partial charge in [-0.1, -0.05) is 18.2 Å². The first kappa shape index (κ1) is 17.4. The summed E-state index contributed by atoms with van der Waals surface area (Å²) in [6, 6.07) is 16.8. The molecule has 0 fully saturated rings. The molecule has 0 radical (unpaired) electrons. The van der Waals surface area contributed by atoms with Crippen molar-refractivity contribution >= 4 is 15.5 Å². The summed E-state index contributed by atoms with van der Waals surface area (Å²) in [6.45, 7) is 1.98. The molecule has 6 heteroatoms. The standard InChI is InChI=1S/C21H17FN2O2S/c1-14-4-3-13-24-20(16-5-9-17(22)10-6-16)19(23-21(14)24)15-7-11-18(12-8-15)27(2,25)26/h3-13H,1-2H3. The quantitative estimate of drug-likeness (QED) is 0.525. The van der Waals surface area contributed by atoms with E-state index < -0.39 is 9.84 Å². The van der Waals surface area contributed by atoms with E-state index >= 15 is 0 Å². The van der Waals surface area contributed by atoms with Crippen LogP contribution in [0.15, 0.2) is 71.8 Å². The maximum atomic E-state index is 13.4. The fraction of sp³-hybridized carbons (Fsp3) is 0.0952. The number of imidazole rings is 1. The van der Waals surface area contributed by atoms with Crippen LogP contribution < -0.4 is 0 Å². The van der Waals surface area contributed by atoms with Crippen molar-refractivity contribution in [2.24, 2.45) is 0 Å². The van der Waals surface area contributed by atoms with E-state index in [-0.39, 0.29) is 10.7 Å². The van der Waals surface area contributed by atoms with Crippen molar-refractivity contribution in [3.63, 3.8) is 0 Å². The van der Waals surface area contributed by atoms with Crippen molar-refractivity contribution in [2.75, 3.05) is 6.26 Å². The molecule has 0 aliphatic carbocycles. The lowest BCUT2D eigenvalue weighted by Gasteiger charge is -2.07. The molecule has 0 unspecified atom stereocenters. The van der Waals surface area contributed by atoms with Gasteiger partial charge in [0.2, 0.25) is 0 Å². The molecule has 0 amide bonds. The van der Waals surface area contributed by atoms with E-state index in [4.69, 9.17) is 4.98 Å². The number of hydrogen-bond donors (Lipinski definition) is 0. The molecule has 4 rings (SSSR count). The minimum absolute atomic E-state index is 0.259. The maximum absolute atomic E-state index is 13.4. The number of pyridine rings is 1. The van der Waals surface area contributed by atoms with Gasteiger partial charge in [-0.3, -0.25) is 4.40 Å². The Hall–Kier alpha value is -2.99. The molecule has 4 nitrogen and oxygen atoms in total. The van der Waals surface area contributed by atoms with Gasteiger partial charge in [-0.15, -0.1) is 0 Å². The summed E-state index contributed by atoms with van der Waals surface area (Å²) >= 11 is 0. The van der Waals surface area contributed by atoms with Gasteiger partial charge in [0.25, 0.3) is 0 Å². The van der Waals surface area contributed by atoms with Crippen LogP contribution in [0.2, 0.25) is 0 Å². The number of hydrogen-bond acceptors (Lipinski definition) is 3. The normalized spacial score (nSPS) is 11.8. The fourth-order valence-electron chi connectivity index (χ4n) is 3.15. The second-order valence-electron chi connectivity index (χ2n) is 6.50. The van der Waals surface area contributed by atoms with Gasteiger partial charge in [0.05, 0.1) is 16.3 Å². The van der Waals surface area contributed by atoms with Crippen LogP contribution >= 0.6 is 0 Å². The first-order valence-electron chi connectivity index (χ1n) is 8.39. The molecule has 0 saturated carbocycles. The Morgan fingerprint density at radius 1 is 0.926 bits per heavy atom. The zero-order chi connectivity index (χ0) is 19.2. The second kappa shape index (κ2) is 6.32. The highest BCUT2D eigenvalue weighted by molar-refractivity contribution is 7.90. The monoisotopic (exact) mass is 380 g/mol. The van der Waals surface area contributed by atoms with Crippen molar-refractivity contribution in [1.29, 1.82) is 0 Å². The number of sulfone groups is 1. The number of halogens is 1. The average molecular weight is 380 g/mol. The molecule has 4 aromatic rings. The third kappa shape index (κ3) is 3.13. The van der Waals surface area contributed by atoms with Gasteiger partial charge < -0.3 is 0 Å². The zero-order valence-corrected chi connectivity index (χ0v) is 15.7. The smallest absolute Gasteiger partial charge is 0.175 e. The predicted molar refractivity (Wildman–Crippen MR) is 104 cm³/mol. The third-order valence-electron chi connectivity index (χ3n) is 4.52. The summed E-state index contributed by atoms with van der Waals surface area (Å²) in [5.74, 6) is -0.303. The molecule has 2 aromatic carbocycles. The molecule has 0 N–H and O–H groups in total. The van der Waals surface area contributed by atoms with E-state index in [1.54, 1.807) is 36.4 Å². The zero-order valence-electron chi connectivity index (χ0n) is 14.8. The molecule has 0 atom stereocenters. The summed E-state index contributed by atoms with van der Waals surface area (Å²) in [6.07, 6.45) is 3.10. The topological polar surface area (TPSA) is 51.4 Å². The molecule has 0 aliphatic rings. The van der Waals surface area contributed by atoms with Gasteiger partial charge in [-0.25, -0.2) is 17.8 Å². The fourth-order valence-corrected chi connectivity index (χ4v) is 3.78. The van der Waals surface area contributed by atoms with Crippen LogP contribution in [0.4, 0.5) is 4.39 Å². The van der Waals surface area contributed by atoms with Gasteiger partial charge in [-0.05, 0) is 55.0 Å². The molecule has 27 heavy (non-hydrogen) atoms. The molecular weight excluding hydrogens is 363 g/mol. The lowest BCUT2D eigenvalue weighted by Crippen LogP contribution is -1.96. The van der Waals surface area contributed by atoms with Gasteiger partial charge >= 0.3 is 0 Å². The van der Waals surface area contributed by atoms with E-state index in [1.807, 2.05) is 29.7 Å². The van der Waals surface area contributed by atoms with Crippen LogP contribution in [0.5, 0.6) is 0 Å². The van der Waals surface area contributed by atoms with Gasteiger partial charge in [0.15, 0.2) is 9.84 Å². The first-order valence-corrected chi connectivity index (χ1v) is 10.3. The van der Waals surface area contributed by atoms with E-state index in [0.717, 1.165) is 33.7 Å². The molecule has 0 saturated heterocycles. The average Bonchev–Trinajstić information content (AvgIpc) is 3.03. The van der Waals surface area contributed by atoms with Crippen LogP contribution in [0.1, 0.15) is 5.56 Å². The molecule has 0 bridgehead atoms. The number of fused-ring (bicyclic) bond motifs is 1. The Morgan fingerprint density at radius 2 is 1.56 bits per heavy atom. The summed E-state index contributed by atoms with van der Waals surface area (Å²) in [5, 5.41) is 0. The van der Waals surface area contributed by atoms with E-state index in [1.165, 1.54) is 18.4 Å². The molecular formula is C21H17FN2O2S. The Kier molecular flexibility index (Phi) is 4.08. The Labute approximate surface area is 156 Å². The minimum Gasteiger partial charge on any atom is -0.299 e. The highest BCUT2D eigenvalue weighted by atomic mass is 32.2. The third-order valence-corrected chi connectivity index (χ3v) is 5.65. The molecule has 2 aromatic heterocycles. The molecule has 0 aliphatic heterocycles. The summed E-state index contributed by atoms with van der Waals surface area (Å²) < 4.78 is 38.8. The van der Waals surface area contributed by atoms with Crippen LogP contribution in [0.3, 0.4) is 0 Å². The van der Waals surface area contributed by atoms with Crippen LogP contribution in [0.25, 0.3) is 28.2 Å². The van der Waals surface area contributed by atoms with Crippen LogP contribution in [-0.2, 0) is 9.84 Å². The number of aromatic nitrogens is 2.